The highest BCUT2D eigenvalue weighted by Gasteiger charge is 2.47. The van der Waals surface area contributed by atoms with Gasteiger partial charge in [-0.25, -0.2) is 0 Å². The molecule has 2 rings (SSSR count). The summed E-state index contributed by atoms with van der Waals surface area (Å²) in [5.41, 5.74) is 0. The molecule has 1 heterocycles. The summed E-state index contributed by atoms with van der Waals surface area (Å²) >= 11 is 10.6. The zero-order valence-electron chi connectivity index (χ0n) is 25.4. The minimum Gasteiger partial charge on any atom is -0.463 e. The minimum atomic E-state index is -3.42. The van der Waals surface area contributed by atoms with Gasteiger partial charge in [0.15, 0.2) is 12.4 Å². The van der Waals surface area contributed by atoms with Gasteiger partial charge in [0.2, 0.25) is 0 Å². The van der Waals surface area contributed by atoms with E-state index in [1.807, 2.05) is 0 Å². The first-order valence-corrected chi connectivity index (χ1v) is 16.9. The molecule has 0 aromatic carbocycles. The number of hydrogen-bond acceptors (Lipinski definition) is 14. The summed E-state index contributed by atoms with van der Waals surface area (Å²) in [5, 5.41) is 3.35. The third-order valence-electron chi connectivity index (χ3n) is 6.88. The highest BCUT2D eigenvalue weighted by molar-refractivity contribution is 8.07. The van der Waals surface area contributed by atoms with E-state index < -0.39 is 61.4 Å². The van der Waals surface area contributed by atoms with Gasteiger partial charge in [0.25, 0.3) is 0 Å². The number of ether oxygens (including phenoxy) is 7. The van der Waals surface area contributed by atoms with Crippen LogP contribution in [0.4, 0.5) is 0 Å². The van der Waals surface area contributed by atoms with Gasteiger partial charge >= 0.3 is 24.6 Å². The van der Waals surface area contributed by atoms with Crippen LogP contribution in [-0.4, -0.2) is 112 Å². The normalized spacial score (nSPS) is 30.2. The number of carbonyl (C=O) groups excluding carboxylic acids is 3. The lowest BCUT2D eigenvalue weighted by Gasteiger charge is -2.39. The third-order valence-corrected chi connectivity index (χ3v) is 8.88. The van der Waals surface area contributed by atoms with E-state index in [0.717, 1.165) is 0 Å². The molecule has 43 heavy (non-hydrogen) atoms. The number of rotatable bonds is 17. The van der Waals surface area contributed by atoms with Crippen molar-refractivity contribution in [2.24, 2.45) is 5.92 Å². The van der Waals surface area contributed by atoms with Gasteiger partial charge in [-0.05, 0) is 37.5 Å². The van der Waals surface area contributed by atoms with E-state index >= 15 is 0 Å². The molecule has 1 aliphatic carbocycles. The molecule has 0 bridgehead atoms. The second kappa shape index (κ2) is 18.6. The van der Waals surface area contributed by atoms with Crippen LogP contribution in [0, 0.1) is 5.92 Å². The first-order valence-electron chi connectivity index (χ1n) is 13.9. The van der Waals surface area contributed by atoms with E-state index in [1.165, 1.54) is 27.9 Å². The number of methoxy groups -OCH3 is 2. The van der Waals surface area contributed by atoms with E-state index in [2.05, 4.69) is 5.32 Å². The zero-order chi connectivity index (χ0) is 32.2. The van der Waals surface area contributed by atoms with E-state index in [9.17, 15) is 19.3 Å². The number of unbranched alkanes of at least 4 members (excludes halogenated alkanes) is 1. The van der Waals surface area contributed by atoms with E-state index in [1.54, 1.807) is 14.2 Å². The molecule has 17 heteroatoms. The van der Waals surface area contributed by atoms with Crippen LogP contribution < -0.4 is 5.32 Å². The Morgan fingerprint density at radius 1 is 0.953 bits per heavy atom. The van der Waals surface area contributed by atoms with Crippen molar-refractivity contribution in [3.63, 3.8) is 0 Å². The molecule has 0 radical (unpaired) electrons. The summed E-state index contributed by atoms with van der Waals surface area (Å²) in [7, 11) is 4.45. The van der Waals surface area contributed by atoms with Crippen molar-refractivity contribution in [2.45, 2.75) is 95.7 Å². The van der Waals surface area contributed by atoms with Crippen LogP contribution in [0.5, 0.6) is 0 Å². The summed E-state index contributed by atoms with van der Waals surface area (Å²) in [6.07, 6.45) is -1.76. The molecule has 8 unspecified atom stereocenters. The summed E-state index contributed by atoms with van der Waals surface area (Å²) < 4.78 is 49.3. The number of hydrogen-bond donors (Lipinski definition) is 2. The van der Waals surface area contributed by atoms with Crippen LogP contribution in [-0.2, 0) is 68.4 Å². The Morgan fingerprint density at radius 3 is 2.23 bits per heavy atom. The Labute approximate surface area is 262 Å². The maximum absolute atomic E-state index is 11.7. The lowest BCUT2D eigenvalue weighted by Crippen LogP contribution is -2.54. The molecule has 2 aliphatic rings. The van der Waals surface area contributed by atoms with Crippen molar-refractivity contribution in [3.05, 3.63) is 0 Å². The predicted octanol–water partition coefficient (Wildman–Crippen LogP) is 1.93. The summed E-state index contributed by atoms with van der Waals surface area (Å²) in [6.45, 7) is 0.795. The van der Waals surface area contributed by atoms with Crippen molar-refractivity contribution >= 4 is 53.6 Å². The van der Waals surface area contributed by atoms with Crippen molar-refractivity contribution in [2.75, 3.05) is 41.2 Å². The molecule has 0 amide bonds. The summed E-state index contributed by atoms with van der Waals surface area (Å²) in [6, 6.07) is -0.182. The quantitative estimate of drug-likeness (QED) is 0.0755. The Bertz CT molecular complexity index is 989. The standard InChI is InChI=1S/C26H44NO13PS2/c1-15(28)36-14-21-26(38-17(3)30)20(37-16(2)29)12-23(39-21)35-10-8-7-9-22(42)27-19-11-18(13-32-4)24(25(19)33-5)40-41(31,43)34-6/h18-21,23-26H,7-14H2,1-6H3,(H,27,42)(H,31,43)/t18?,19-,20?,21?,23?,24?,25?,26?,41?/m0/s1. The van der Waals surface area contributed by atoms with Gasteiger partial charge in [-0.2, -0.15) is 0 Å². The van der Waals surface area contributed by atoms with E-state index in [4.69, 9.17) is 66.2 Å². The maximum atomic E-state index is 11.7. The molecule has 248 valence electrons. The Kier molecular flexibility index (Phi) is 16.4. The van der Waals surface area contributed by atoms with Crippen molar-refractivity contribution < 1.29 is 61.5 Å². The highest BCUT2D eigenvalue weighted by Crippen LogP contribution is 2.48. The van der Waals surface area contributed by atoms with Crippen molar-refractivity contribution in [1.82, 2.24) is 5.32 Å². The lowest BCUT2D eigenvalue weighted by atomic mass is 10.0. The molecular formula is C26H44NO13PS2. The minimum absolute atomic E-state index is 0.0929. The predicted molar refractivity (Wildman–Crippen MR) is 160 cm³/mol. The first kappa shape index (κ1) is 37.9. The number of carbonyl (C=O) groups is 3. The maximum Gasteiger partial charge on any atom is 0.324 e. The molecule has 1 aliphatic heterocycles. The van der Waals surface area contributed by atoms with Gasteiger partial charge in [-0.3, -0.25) is 14.4 Å². The third kappa shape index (κ3) is 12.9. The fraction of sp³-hybridized carbons (Fsp3) is 0.846. The van der Waals surface area contributed by atoms with Crippen LogP contribution in [0.1, 0.15) is 52.9 Å². The smallest absolute Gasteiger partial charge is 0.324 e. The molecule has 14 nitrogen and oxygen atoms in total. The first-order chi connectivity index (χ1) is 20.3. The average Bonchev–Trinajstić information content (AvgIpc) is 3.22. The summed E-state index contributed by atoms with van der Waals surface area (Å²) in [5.74, 6) is -1.77. The van der Waals surface area contributed by atoms with Gasteiger partial charge in [-0.15, -0.1) is 0 Å². The molecular weight excluding hydrogens is 629 g/mol. The number of thiocarbonyl (C=S) groups is 1. The van der Waals surface area contributed by atoms with Gasteiger partial charge in [0, 0.05) is 61.0 Å². The highest BCUT2D eigenvalue weighted by atomic mass is 32.5. The van der Waals surface area contributed by atoms with Gasteiger partial charge in [0.05, 0.1) is 17.6 Å². The summed E-state index contributed by atoms with van der Waals surface area (Å²) in [4.78, 5) is 45.6. The van der Waals surface area contributed by atoms with Gasteiger partial charge in [-0.1, -0.05) is 12.2 Å². The van der Waals surface area contributed by atoms with E-state index in [0.29, 0.717) is 43.9 Å². The van der Waals surface area contributed by atoms with E-state index in [-0.39, 0.29) is 25.0 Å². The molecule has 2 N–H and O–H groups in total. The SMILES string of the molecule is COCC1C[C@H](NC(=S)CCCCOC2CC(OC(C)=O)C(OC(C)=O)C(COC(C)=O)O2)C(OC)C1OP(O)(=S)OC. The van der Waals surface area contributed by atoms with Crippen LogP contribution in [0.25, 0.3) is 0 Å². The number of esters is 3. The molecule has 0 aromatic rings. The monoisotopic (exact) mass is 673 g/mol. The van der Waals surface area contributed by atoms with Crippen molar-refractivity contribution in [3.8, 4) is 0 Å². The van der Waals surface area contributed by atoms with Crippen LogP contribution in [0.2, 0.25) is 0 Å². The molecule has 9 atom stereocenters. The number of nitrogens with one attached hydrogen (secondary N) is 1. The molecule has 0 spiro atoms. The fourth-order valence-electron chi connectivity index (χ4n) is 5.14. The average molecular weight is 674 g/mol. The largest absolute Gasteiger partial charge is 0.463 e. The van der Waals surface area contributed by atoms with Crippen LogP contribution in [0.15, 0.2) is 0 Å². The lowest BCUT2D eigenvalue weighted by molar-refractivity contribution is -0.266. The second-order valence-corrected chi connectivity index (χ2v) is 13.6. The second-order valence-electron chi connectivity index (χ2n) is 10.2. The van der Waals surface area contributed by atoms with Crippen LogP contribution >= 0.6 is 18.9 Å². The molecule has 0 aromatic heterocycles. The Balaban J connectivity index is 1.88. The topological polar surface area (TPSA) is 167 Å². The molecule has 1 saturated carbocycles. The fourth-order valence-corrected chi connectivity index (χ4v) is 6.42. The Hall–Kier alpha value is -1.33. The Morgan fingerprint density at radius 2 is 1.65 bits per heavy atom. The van der Waals surface area contributed by atoms with Gasteiger partial charge < -0.3 is 52.4 Å². The zero-order valence-corrected chi connectivity index (χ0v) is 27.9. The van der Waals surface area contributed by atoms with Crippen molar-refractivity contribution in [1.29, 1.82) is 0 Å². The molecule has 2 fully saturated rings. The molecule has 1 saturated heterocycles. The van der Waals surface area contributed by atoms with Gasteiger partial charge in [0.1, 0.15) is 31.0 Å². The van der Waals surface area contributed by atoms with Crippen LogP contribution in [0.3, 0.4) is 0 Å².